The molecule has 0 atom stereocenters. The molecule has 2 aromatic carbocycles. The number of para-hydroxylation sites is 1. The van der Waals surface area contributed by atoms with E-state index in [2.05, 4.69) is 4.98 Å². The Morgan fingerprint density at radius 2 is 1.78 bits per heavy atom. The van der Waals surface area contributed by atoms with Crippen molar-refractivity contribution < 1.29 is 13.6 Å². The molecule has 142 valence electrons. The summed E-state index contributed by atoms with van der Waals surface area (Å²) in [5, 5.41) is 0.831. The van der Waals surface area contributed by atoms with Gasteiger partial charge in [-0.1, -0.05) is 35.1 Å². The van der Waals surface area contributed by atoms with Gasteiger partial charge in [0.1, 0.15) is 22.7 Å². The van der Waals surface area contributed by atoms with Crippen LogP contribution in [0.5, 0.6) is 0 Å². The molecule has 0 spiro atoms. The van der Waals surface area contributed by atoms with Crippen molar-refractivity contribution in [2.24, 2.45) is 0 Å². The van der Waals surface area contributed by atoms with Crippen LogP contribution in [0.4, 0.5) is 13.9 Å². The van der Waals surface area contributed by atoms with Crippen LogP contribution in [0, 0.1) is 11.6 Å². The lowest BCUT2D eigenvalue weighted by molar-refractivity contribution is 0.0978. The minimum absolute atomic E-state index is 0.280. The average Bonchev–Trinajstić information content (AvgIpc) is 3.03. The molecule has 1 heterocycles. The lowest BCUT2D eigenvalue weighted by Crippen LogP contribution is -2.34. The highest BCUT2D eigenvalue weighted by Gasteiger charge is 2.26. The minimum atomic E-state index is -0.892. The van der Waals surface area contributed by atoms with Gasteiger partial charge in [-0.2, -0.15) is 0 Å². The van der Waals surface area contributed by atoms with Crippen LogP contribution in [-0.4, -0.2) is 43.0 Å². The Hall–Kier alpha value is -2.09. The first-order valence-electron chi connectivity index (χ1n) is 8.34. The zero-order chi connectivity index (χ0) is 19.6. The van der Waals surface area contributed by atoms with Crippen molar-refractivity contribution in [3.8, 4) is 0 Å². The van der Waals surface area contributed by atoms with Gasteiger partial charge in [0.15, 0.2) is 5.13 Å². The number of nitrogens with zero attached hydrogens (tertiary/aromatic N) is 3. The van der Waals surface area contributed by atoms with Gasteiger partial charge in [0.2, 0.25) is 0 Å². The van der Waals surface area contributed by atoms with Crippen molar-refractivity contribution in [2.75, 3.05) is 32.1 Å². The number of carbonyl (C=O) groups is 1. The maximum absolute atomic E-state index is 14.2. The van der Waals surface area contributed by atoms with Crippen LogP contribution < -0.4 is 4.90 Å². The fourth-order valence-electron chi connectivity index (χ4n) is 2.68. The molecule has 0 aliphatic carbocycles. The van der Waals surface area contributed by atoms with Gasteiger partial charge in [0.25, 0.3) is 5.91 Å². The van der Waals surface area contributed by atoms with Gasteiger partial charge in [-0.15, -0.1) is 0 Å². The normalized spacial score (nSPS) is 11.3. The lowest BCUT2D eigenvalue weighted by Gasteiger charge is -2.21. The molecular formula is C19H18ClF2N3OS. The summed E-state index contributed by atoms with van der Waals surface area (Å²) in [5.74, 6) is -2.53. The molecule has 3 rings (SSSR count). The highest BCUT2D eigenvalue weighted by atomic mass is 35.5. The largest absolute Gasteiger partial charge is 0.309 e. The van der Waals surface area contributed by atoms with Crippen LogP contribution in [0.3, 0.4) is 0 Å². The molecule has 0 N–H and O–H groups in total. The molecule has 1 aromatic heterocycles. The van der Waals surface area contributed by atoms with Crippen LogP contribution in [0.2, 0.25) is 5.02 Å². The molecule has 1 amide bonds. The minimum Gasteiger partial charge on any atom is -0.309 e. The Morgan fingerprint density at radius 3 is 2.41 bits per heavy atom. The van der Waals surface area contributed by atoms with Crippen molar-refractivity contribution in [3.05, 3.63) is 58.6 Å². The summed E-state index contributed by atoms with van der Waals surface area (Å²) < 4.78 is 29.1. The van der Waals surface area contributed by atoms with Gasteiger partial charge in [-0.05, 0) is 51.3 Å². The lowest BCUT2D eigenvalue weighted by atomic mass is 10.1. The summed E-state index contributed by atoms with van der Waals surface area (Å²) in [6.07, 6.45) is 0.623. The fourth-order valence-corrected chi connectivity index (χ4v) is 3.97. The average molecular weight is 410 g/mol. The number of halogens is 3. The van der Waals surface area contributed by atoms with Gasteiger partial charge in [0.05, 0.1) is 9.72 Å². The number of aromatic nitrogens is 1. The van der Waals surface area contributed by atoms with Crippen molar-refractivity contribution >= 4 is 44.2 Å². The number of benzene rings is 2. The topological polar surface area (TPSA) is 36.4 Å². The second kappa shape index (κ2) is 8.29. The number of rotatable bonds is 6. The molecule has 8 heteroatoms. The molecule has 4 nitrogen and oxygen atoms in total. The SMILES string of the molecule is CN(C)CCCN(C(=O)c1c(F)cccc1F)c1nc2c(Cl)cccc2s1. The van der Waals surface area contributed by atoms with Crippen LogP contribution in [0.1, 0.15) is 16.8 Å². The van der Waals surface area contributed by atoms with E-state index in [9.17, 15) is 13.6 Å². The van der Waals surface area contributed by atoms with E-state index >= 15 is 0 Å². The third-order valence-electron chi connectivity index (χ3n) is 4.00. The van der Waals surface area contributed by atoms with Crippen molar-refractivity contribution in [3.63, 3.8) is 0 Å². The molecule has 3 aromatic rings. The van der Waals surface area contributed by atoms with E-state index in [-0.39, 0.29) is 6.54 Å². The summed E-state index contributed by atoms with van der Waals surface area (Å²) in [7, 11) is 3.83. The smallest absolute Gasteiger partial charge is 0.266 e. The summed E-state index contributed by atoms with van der Waals surface area (Å²) in [6.45, 7) is 0.997. The van der Waals surface area contributed by atoms with Gasteiger partial charge in [0, 0.05) is 6.54 Å². The standard InChI is InChI=1S/C19H18ClF2N3OS/c1-24(2)10-5-11-25(18(26)16-13(21)7-4-8-14(16)22)19-23-17-12(20)6-3-9-15(17)27-19/h3-4,6-9H,5,10-11H2,1-2H3. The molecule has 0 aliphatic rings. The Morgan fingerprint density at radius 1 is 1.11 bits per heavy atom. The first kappa shape index (κ1) is 19.7. The molecule has 0 unspecified atom stereocenters. The van der Waals surface area contributed by atoms with Crippen LogP contribution >= 0.6 is 22.9 Å². The molecule has 0 saturated carbocycles. The maximum Gasteiger partial charge on any atom is 0.266 e. The van der Waals surface area contributed by atoms with Crippen molar-refractivity contribution in [2.45, 2.75) is 6.42 Å². The van der Waals surface area contributed by atoms with E-state index in [1.54, 1.807) is 12.1 Å². The van der Waals surface area contributed by atoms with Gasteiger partial charge in [-0.25, -0.2) is 13.8 Å². The molecule has 0 fully saturated rings. The van der Waals surface area contributed by atoms with E-state index in [0.29, 0.717) is 22.1 Å². The number of carbonyl (C=O) groups excluding carboxylic acids is 1. The van der Waals surface area contributed by atoms with Gasteiger partial charge < -0.3 is 4.90 Å². The predicted octanol–water partition coefficient (Wildman–Crippen LogP) is 4.83. The highest BCUT2D eigenvalue weighted by molar-refractivity contribution is 7.22. The van der Waals surface area contributed by atoms with E-state index in [1.165, 1.54) is 22.3 Å². The second-order valence-corrected chi connectivity index (χ2v) is 7.71. The molecule has 0 radical (unpaired) electrons. The quantitative estimate of drug-likeness (QED) is 0.585. The molecule has 0 saturated heterocycles. The predicted molar refractivity (Wildman–Crippen MR) is 106 cm³/mol. The first-order chi connectivity index (χ1) is 12.9. The number of anilines is 1. The number of hydrogen-bond donors (Lipinski definition) is 0. The Balaban J connectivity index is 2.02. The molecule has 0 bridgehead atoms. The number of thiazole rings is 1. The monoisotopic (exact) mass is 409 g/mol. The van der Waals surface area contributed by atoms with E-state index < -0.39 is 23.1 Å². The van der Waals surface area contributed by atoms with Crippen molar-refractivity contribution in [1.82, 2.24) is 9.88 Å². The van der Waals surface area contributed by atoms with E-state index in [0.717, 1.165) is 23.4 Å². The first-order valence-corrected chi connectivity index (χ1v) is 9.53. The maximum atomic E-state index is 14.2. The summed E-state index contributed by atoms with van der Waals surface area (Å²) in [6, 6.07) is 8.72. The summed E-state index contributed by atoms with van der Waals surface area (Å²) >= 11 is 7.45. The van der Waals surface area contributed by atoms with E-state index in [4.69, 9.17) is 11.6 Å². The second-order valence-electron chi connectivity index (χ2n) is 6.29. The van der Waals surface area contributed by atoms with Gasteiger partial charge in [-0.3, -0.25) is 9.69 Å². The number of fused-ring (bicyclic) bond motifs is 1. The van der Waals surface area contributed by atoms with E-state index in [1.807, 2.05) is 25.1 Å². The Bertz CT molecular complexity index is 956. The van der Waals surface area contributed by atoms with Crippen LogP contribution in [-0.2, 0) is 0 Å². The molecular weight excluding hydrogens is 392 g/mol. The van der Waals surface area contributed by atoms with Crippen LogP contribution in [0.25, 0.3) is 10.2 Å². The van der Waals surface area contributed by atoms with Gasteiger partial charge >= 0.3 is 0 Å². The number of amides is 1. The number of hydrogen-bond acceptors (Lipinski definition) is 4. The summed E-state index contributed by atoms with van der Waals surface area (Å²) in [4.78, 5) is 20.7. The Labute approximate surface area is 165 Å². The Kier molecular flexibility index (Phi) is 6.04. The molecule has 27 heavy (non-hydrogen) atoms. The van der Waals surface area contributed by atoms with Crippen molar-refractivity contribution in [1.29, 1.82) is 0 Å². The third-order valence-corrected chi connectivity index (χ3v) is 5.35. The highest BCUT2D eigenvalue weighted by Crippen LogP contribution is 2.33. The zero-order valence-corrected chi connectivity index (χ0v) is 16.4. The van der Waals surface area contributed by atoms with Crippen LogP contribution in [0.15, 0.2) is 36.4 Å². The third kappa shape index (κ3) is 4.26. The summed E-state index contributed by atoms with van der Waals surface area (Å²) in [5.41, 5.74) is -0.00807. The molecule has 0 aliphatic heterocycles. The fraction of sp³-hybridized carbons (Fsp3) is 0.263. The zero-order valence-electron chi connectivity index (χ0n) is 14.9.